The van der Waals surface area contributed by atoms with Crippen molar-refractivity contribution < 1.29 is 4.21 Å². The van der Waals surface area contributed by atoms with Crippen molar-refractivity contribution in [3.8, 4) is 0 Å². The maximum atomic E-state index is 12.2. The average Bonchev–Trinajstić information content (AvgIpc) is 2.28. The molecular weight excluding hydrogens is 208 g/mol. The zero-order valence-electron chi connectivity index (χ0n) is 8.68. The molecule has 2 rings (SSSR count). The lowest BCUT2D eigenvalue weighted by Gasteiger charge is -2.06. The van der Waals surface area contributed by atoms with Crippen LogP contribution in [0.5, 0.6) is 0 Å². The molecule has 0 saturated heterocycles. The highest BCUT2D eigenvalue weighted by atomic mass is 32.2. The normalized spacial score (nSPS) is 14.8. The molecule has 1 heterocycles. The molecule has 0 radical (unpaired) electrons. The van der Waals surface area contributed by atoms with E-state index in [1.165, 1.54) is 0 Å². The molecule has 78 valence electrons. The molecule has 2 aromatic rings. The first kappa shape index (κ1) is 10.1. The van der Waals surface area contributed by atoms with Crippen molar-refractivity contribution in [1.29, 1.82) is 0 Å². The molecule has 0 aliphatic heterocycles. The van der Waals surface area contributed by atoms with Gasteiger partial charge in [-0.25, -0.2) is 8.57 Å². The Hall–Kier alpha value is -1.42. The van der Waals surface area contributed by atoms with E-state index in [1.807, 2.05) is 30.3 Å². The van der Waals surface area contributed by atoms with E-state index in [-0.39, 0.29) is 0 Å². The SMILES string of the molecule is CN=S(C)(=O)c1cccc2ncccc12. The Balaban J connectivity index is 2.90. The van der Waals surface area contributed by atoms with E-state index in [0.717, 1.165) is 15.8 Å². The summed E-state index contributed by atoms with van der Waals surface area (Å²) in [4.78, 5) is 4.98. The largest absolute Gasteiger partial charge is 0.256 e. The Morgan fingerprint density at radius 2 is 2.07 bits per heavy atom. The molecule has 1 atom stereocenters. The summed E-state index contributed by atoms with van der Waals surface area (Å²) in [6.45, 7) is 0. The fraction of sp³-hybridized carbons (Fsp3) is 0.182. The molecule has 0 spiro atoms. The van der Waals surface area contributed by atoms with E-state index in [0.29, 0.717) is 0 Å². The highest BCUT2D eigenvalue weighted by Gasteiger charge is 2.08. The van der Waals surface area contributed by atoms with E-state index in [2.05, 4.69) is 9.35 Å². The number of benzene rings is 1. The van der Waals surface area contributed by atoms with Crippen molar-refractivity contribution in [1.82, 2.24) is 4.98 Å². The second-order valence-corrected chi connectivity index (χ2v) is 5.72. The number of nitrogens with zero attached hydrogens (tertiary/aromatic N) is 2. The Labute approximate surface area is 89.3 Å². The molecule has 0 aliphatic carbocycles. The standard InChI is InChI=1S/C11H12N2OS/c1-12-15(2,14)11-7-3-6-10-9(11)5-4-8-13-10/h3-8H,1-2H3. The predicted octanol–water partition coefficient (Wildman–Crippen LogP) is 2.32. The zero-order valence-corrected chi connectivity index (χ0v) is 9.49. The fourth-order valence-electron chi connectivity index (χ4n) is 1.50. The van der Waals surface area contributed by atoms with Gasteiger partial charge in [0.05, 0.1) is 20.1 Å². The molecule has 0 N–H and O–H groups in total. The van der Waals surface area contributed by atoms with Crippen molar-refractivity contribution in [2.75, 3.05) is 13.3 Å². The van der Waals surface area contributed by atoms with Gasteiger partial charge in [-0.3, -0.25) is 4.98 Å². The molecule has 1 unspecified atom stereocenters. The van der Waals surface area contributed by atoms with Crippen molar-refractivity contribution in [3.63, 3.8) is 0 Å². The van der Waals surface area contributed by atoms with Crippen LogP contribution >= 0.6 is 0 Å². The highest BCUT2D eigenvalue weighted by Crippen LogP contribution is 2.21. The lowest BCUT2D eigenvalue weighted by Crippen LogP contribution is -1.98. The number of rotatable bonds is 1. The van der Waals surface area contributed by atoms with Crippen LogP contribution in [-0.4, -0.2) is 22.5 Å². The van der Waals surface area contributed by atoms with Crippen molar-refractivity contribution >= 4 is 20.6 Å². The maximum Gasteiger partial charge on any atom is 0.0727 e. The lowest BCUT2D eigenvalue weighted by atomic mass is 10.2. The first-order chi connectivity index (χ1) is 7.15. The van der Waals surface area contributed by atoms with Gasteiger partial charge < -0.3 is 0 Å². The molecular formula is C11H12N2OS. The Morgan fingerprint density at radius 1 is 1.27 bits per heavy atom. The molecule has 4 heteroatoms. The van der Waals surface area contributed by atoms with Gasteiger partial charge >= 0.3 is 0 Å². The number of hydrogen-bond donors (Lipinski definition) is 0. The summed E-state index contributed by atoms with van der Waals surface area (Å²) in [5, 5.41) is 0.915. The topological polar surface area (TPSA) is 42.3 Å². The van der Waals surface area contributed by atoms with Crippen LogP contribution < -0.4 is 0 Å². The van der Waals surface area contributed by atoms with E-state index in [4.69, 9.17) is 0 Å². The minimum atomic E-state index is -2.29. The van der Waals surface area contributed by atoms with Crippen LogP contribution in [0.3, 0.4) is 0 Å². The third-order valence-corrected chi connectivity index (χ3v) is 4.23. The van der Waals surface area contributed by atoms with Crippen LogP contribution in [0.2, 0.25) is 0 Å². The summed E-state index contributed by atoms with van der Waals surface area (Å²) < 4.78 is 16.1. The highest BCUT2D eigenvalue weighted by molar-refractivity contribution is 7.93. The summed E-state index contributed by atoms with van der Waals surface area (Å²) in [6.07, 6.45) is 3.38. The number of pyridine rings is 1. The summed E-state index contributed by atoms with van der Waals surface area (Å²) in [5.41, 5.74) is 0.855. The smallest absolute Gasteiger partial charge is 0.0727 e. The van der Waals surface area contributed by atoms with Gasteiger partial charge in [0, 0.05) is 24.9 Å². The van der Waals surface area contributed by atoms with Crippen molar-refractivity contribution in [2.45, 2.75) is 4.90 Å². The van der Waals surface area contributed by atoms with Gasteiger partial charge in [-0.2, -0.15) is 0 Å². The summed E-state index contributed by atoms with van der Waals surface area (Å²) in [7, 11) is -0.709. The van der Waals surface area contributed by atoms with Crippen LogP contribution in [0.1, 0.15) is 0 Å². The van der Waals surface area contributed by atoms with Gasteiger partial charge in [-0.1, -0.05) is 12.1 Å². The van der Waals surface area contributed by atoms with Gasteiger partial charge in [0.15, 0.2) is 0 Å². The minimum absolute atomic E-state index is 0.760. The number of fused-ring (bicyclic) bond motifs is 1. The number of aromatic nitrogens is 1. The monoisotopic (exact) mass is 220 g/mol. The van der Waals surface area contributed by atoms with Crippen LogP contribution in [0.25, 0.3) is 10.9 Å². The predicted molar refractivity (Wildman–Crippen MR) is 62.4 cm³/mol. The number of hydrogen-bond acceptors (Lipinski definition) is 3. The van der Waals surface area contributed by atoms with Gasteiger partial charge in [0.2, 0.25) is 0 Å². The maximum absolute atomic E-state index is 12.2. The second kappa shape index (κ2) is 3.62. The van der Waals surface area contributed by atoms with Crippen LogP contribution in [0, 0.1) is 0 Å². The third-order valence-electron chi connectivity index (χ3n) is 2.36. The second-order valence-electron chi connectivity index (χ2n) is 3.31. The molecule has 0 aliphatic rings. The van der Waals surface area contributed by atoms with Crippen LogP contribution in [0.15, 0.2) is 45.8 Å². The minimum Gasteiger partial charge on any atom is -0.256 e. The van der Waals surface area contributed by atoms with E-state index < -0.39 is 9.73 Å². The van der Waals surface area contributed by atoms with Gasteiger partial charge in [0.1, 0.15) is 0 Å². The van der Waals surface area contributed by atoms with Crippen molar-refractivity contribution in [3.05, 3.63) is 36.5 Å². The lowest BCUT2D eigenvalue weighted by molar-refractivity contribution is 0.680. The molecule has 0 bridgehead atoms. The molecule has 1 aromatic carbocycles. The molecule has 1 aromatic heterocycles. The first-order valence-electron chi connectivity index (χ1n) is 4.59. The Bertz CT molecular complexity index is 608. The molecule has 0 fully saturated rings. The third kappa shape index (κ3) is 1.72. The molecule has 3 nitrogen and oxygen atoms in total. The first-order valence-corrected chi connectivity index (χ1v) is 6.51. The zero-order chi connectivity index (χ0) is 10.9. The summed E-state index contributed by atoms with van der Waals surface area (Å²) in [6, 6.07) is 9.38. The quantitative estimate of drug-likeness (QED) is 0.740. The van der Waals surface area contributed by atoms with Crippen molar-refractivity contribution in [2.24, 2.45) is 4.36 Å². The summed E-state index contributed by atoms with van der Waals surface area (Å²) in [5.74, 6) is 0. The van der Waals surface area contributed by atoms with E-state index in [9.17, 15) is 4.21 Å². The Morgan fingerprint density at radius 3 is 2.80 bits per heavy atom. The van der Waals surface area contributed by atoms with Crippen LogP contribution in [0.4, 0.5) is 0 Å². The van der Waals surface area contributed by atoms with Crippen LogP contribution in [-0.2, 0) is 9.73 Å². The van der Waals surface area contributed by atoms with Gasteiger partial charge in [-0.15, -0.1) is 0 Å². The van der Waals surface area contributed by atoms with Gasteiger partial charge in [-0.05, 0) is 18.2 Å². The molecule has 0 amide bonds. The van der Waals surface area contributed by atoms with E-state index >= 15 is 0 Å². The molecule has 15 heavy (non-hydrogen) atoms. The Kier molecular flexibility index (Phi) is 2.44. The van der Waals surface area contributed by atoms with E-state index in [1.54, 1.807) is 19.5 Å². The molecule has 0 saturated carbocycles. The fourth-order valence-corrected chi connectivity index (χ4v) is 2.61. The van der Waals surface area contributed by atoms with Gasteiger partial charge in [0.25, 0.3) is 0 Å². The average molecular weight is 220 g/mol. The summed E-state index contributed by atoms with van der Waals surface area (Å²) >= 11 is 0.